The summed E-state index contributed by atoms with van der Waals surface area (Å²) in [4.78, 5) is 9.36. The van der Waals surface area contributed by atoms with Crippen LogP contribution in [-0.4, -0.2) is 22.0 Å². The molecule has 156 valence electrons. The highest BCUT2D eigenvalue weighted by molar-refractivity contribution is 6.31. The fraction of sp³-hybridized carbons (Fsp3) is 0.286. The number of nitrogens with one attached hydrogen (secondary N) is 4. The van der Waals surface area contributed by atoms with E-state index in [1.54, 1.807) is 6.07 Å². The van der Waals surface area contributed by atoms with Crippen LogP contribution in [0.4, 0.5) is 21.8 Å². The van der Waals surface area contributed by atoms with Gasteiger partial charge in [0.2, 0.25) is 5.95 Å². The molecule has 1 atom stereocenters. The molecule has 1 fully saturated rings. The fourth-order valence-corrected chi connectivity index (χ4v) is 3.52. The van der Waals surface area contributed by atoms with E-state index < -0.39 is 5.82 Å². The molecule has 3 aromatic rings. The van der Waals surface area contributed by atoms with Gasteiger partial charge >= 0.3 is 0 Å². The number of aromatic nitrogens is 2. The second kappa shape index (κ2) is 8.31. The molecule has 30 heavy (non-hydrogen) atoms. The van der Waals surface area contributed by atoms with E-state index >= 15 is 0 Å². The zero-order valence-electron chi connectivity index (χ0n) is 16.5. The first kappa shape index (κ1) is 20.2. The van der Waals surface area contributed by atoms with Gasteiger partial charge < -0.3 is 21.7 Å². The second-order valence-corrected chi connectivity index (χ2v) is 7.91. The summed E-state index contributed by atoms with van der Waals surface area (Å²) < 4.78 is 13.5. The van der Waals surface area contributed by atoms with Crippen molar-refractivity contribution in [3.63, 3.8) is 0 Å². The Kier molecular flexibility index (Phi) is 5.59. The van der Waals surface area contributed by atoms with Crippen molar-refractivity contribution in [2.75, 3.05) is 10.6 Å². The van der Waals surface area contributed by atoms with E-state index in [-0.39, 0.29) is 17.0 Å². The first-order chi connectivity index (χ1) is 14.4. The molecule has 1 saturated carbocycles. The lowest BCUT2D eigenvalue weighted by Crippen LogP contribution is -2.29. The summed E-state index contributed by atoms with van der Waals surface area (Å²) in [5, 5.41) is 17.8. The topological polar surface area (TPSA) is 112 Å². The van der Waals surface area contributed by atoms with Crippen LogP contribution in [-0.2, 0) is 6.54 Å². The van der Waals surface area contributed by atoms with Crippen LogP contribution < -0.4 is 21.7 Å². The lowest BCUT2D eigenvalue weighted by Gasteiger charge is -2.18. The van der Waals surface area contributed by atoms with Crippen molar-refractivity contribution in [2.24, 2.45) is 11.7 Å². The lowest BCUT2D eigenvalue weighted by atomic mass is 10.1. The van der Waals surface area contributed by atoms with Gasteiger partial charge in [-0.15, -0.1) is 0 Å². The van der Waals surface area contributed by atoms with Gasteiger partial charge in [-0.2, -0.15) is 4.98 Å². The van der Waals surface area contributed by atoms with Gasteiger partial charge in [-0.1, -0.05) is 23.7 Å². The Morgan fingerprint density at radius 2 is 2.10 bits per heavy atom. The van der Waals surface area contributed by atoms with E-state index in [4.69, 9.17) is 22.7 Å². The molecule has 7 nitrogen and oxygen atoms in total. The summed E-state index contributed by atoms with van der Waals surface area (Å²) >= 11 is 5.90. The smallest absolute Gasteiger partial charge is 0.229 e. The van der Waals surface area contributed by atoms with Gasteiger partial charge in [-0.05, 0) is 55.5 Å². The highest BCUT2D eigenvalue weighted by atomic mass is 35.5. The first-order valence-electron chi connectivity index (χ1n) is 9.77. The van der Waals surface area contributed by atoms with Crippen molar-refractivity contribution in [2.45, 2.75) is 32.4 Å². The Bertz CT molecular complexity index is 1100. The third-order valence-electron chi connectivity index (χ3n) is 5.15. The summed E-state index contributed by atoms with van der Waals surface area (Å²) in [6, 6.07) is 10.5. The highest BCUT2D eigenvalue weighted by Gasteiger charge is 2.28. The molecular weight excluding hydrogens is 405 g/mol. The van der Waals surface area contributed by atoms with Crippen LogP contribution in [0.1, 0.15) is 25.3 Å². The van der Waals surface area contributed by atoms with E-state index in [1.807, 2.05) is 18.2 Å². The first-order valence-corrected chi connectivity index (χ1v) is 10.1. The lowest BCUT2D eigenvalue weighted by molar-refractivity contribution is 0.628. The van der Waals surface area contributed by atoms with Crippen molar-refractivity contribution in [1.29, 1.82) is 5.41 Å². The quantitative estimate of drug-likeness (QED) is 0.283. The molecule has 1 unspecified atom stereocenters. The monoisotopic (exact) mass is 427 g/mol. The number of nitrogens with zero attached hydrogens (tertiary/aromatic N) is 2. The Labute approximate surface area is 178 Å². The summed E-state index contributed by atoms with van der Waals surface area (Å²) in [5.74, 6) is 1.14. The van der Waals surface area contributed by atoms with Gasteiger partial charge in [0.15, 0.2) is 5.96 Å². The average Bonchev–Trinajstić information content (AvgIpc) is 3.55. The Morgan fingerprint density at radius 3 is 2.80 bits per heavy atom. The van der Waals surface area contributed by atoms with Crippen molar-refractivity contribution in [3.05, 3.63) is 52.8 Å². The number of guanidine groups is 1. The normalized spacial score (nSPS) is 14.4. The average molecular weight is 428 g/mol. The Balaban J connectivity index is 1.75. The predicted octanol–water partition coefficient (Wildman–Crippen LogP) is 4.36. The maximum absolute atomic E-state index is 13.5. The van der Waals surface area contributed by atoms with E-state index in [9.17, 15) is 4.39 Å². The number of hydrogen-bond acceptors (Lipinski definition) is 5. The van der Waals surface area contributed by atoms with E-state index in [0.29, 0.717) is 24.1 Å². The SMILES string of the molecule is CC(Nc1nc(Nc2ccc(F)c(Cl)c2)nc2c(CNC(=N)N)cccc12)C1CC1. The van der Waals surface area contributed by atoms with E-state index in [2.05, 4.69) is 32.8 Å². The molecule has 0 aliphatic heterocycles. The molecule has 1 aromatic heterocycles. The molecule has 0 spiro atoms. The van der Waals surface area contributed by atoms with Crippen LogP contribution in [0.3, 0.4) is 0 Å². The Hall–Kier alpha value is -3.13. The number of rotatable bonds is 7. The third-order valence-corrected chi connectivity index (χ3v) is 5.44. The maximum atomic E-state index is 13.5. The summed E-state index contributed by atoms with van der Waals surface area (Å²) in [6.45, 7) is 2.52. The molecule has 1 aliphatic carbocycles. The molecule has 6 N–H and O–H groups in total. The number of para-hydroxylation sites is 1. The van der Waals surface area contributed by atoms with Crippen molar-refractivity contribution >= 4 is 45.9 Å². The summed E-state index contributed by atoms with van der Waals surface area (Å²) in [7, 11) is 0. The van der Waals surface area contributed by atoms with Gasteiger partial charge in [-0.3, -0.25) is 5.41 Å². The van der Waals surface area contributed by atoms with Gasteiger partial charge in [0, 0.05) is 23.7 Å². The van der Waals surface area contributed by atoms with Crippen LogP contribution in [0.25, 0.3) is 10.9 Å². The number of anilines is 3. The minimum Gasteiger partial charge on any atom is -0.370 e. The molecule has 0 bridgehead atoms. The molecule has 1 heterocycles. The molecular formula is C21H23ClFN7. The Morgan fingerprint density at radius 1 is 1.30 bits per heavy atom. The molecule has 1 aliphatic rings. The number of nitrogens with two attached hydrogens (primary N) is 1. The van der Waals surface area contributed by atoms with E-state index in [0.717, 1.165) is 22.3 Å². The van der Waals surface area contributed by atoms with Crippen LogP contribution in [0.15, 0.2) is 36.4 Å². The second-order valence-electron chi connectivity index (χ2n) is 7.50. The predicted molar refractivity (Wildman–Crippen MR) is 119 cm³/mol. The molecule has 4 rings (SSSR count). The van der Waals surface area contributed by atoms with Gasteiger partial charge in [0.05, 0.1) is 10.5 Å². The molecule has 9 heteroatoms. The van der Waals surface area contributed by atoms with Crippen molar-refractivity contribution in [1.82, 2.24) is 15.3 Å². The maximum Gasteiger partial charge on any atom is 0.229 e. The summed E-state index contributed by atoms with van der Waals surface area (Å²) in [5.41, 5.74) is 7.66. The summed E-state index contributed by atoms with van der Waals surface area (Å²) in [6.07, 6.45) is 2.42. The number of halogens is 2. The highest BCUT2D eigenvalue weighted by Crippen LogP contribution is 2.35. The van der Waals surface area contributed by atoms with Gasteiger partial charge in [-0.25, -0.2) is 9.37 Å². The van der Waals surface area contributed by atoms with E-state index in [1.165, 1.54) is 25.0 Å². The third kappa shape index (κ3) is 4.54. The van der Waals surface area contributed by atoms with Gasteiger partial charge in [0.25, 0.3) is 0 Å². The molecule has 2 aromatic carbocycles. The number of benzene rings is 2. The minimum absolute atomic E-state index is 0.0211. The fourth-order valence-electron chi connectivity index (χ4n) is 3.34. The molecule has 0 radical (unpaired) electrons. The standard InChI is InChI=1S/C21H23ClFN7/c1-11(12-5-6-12)27-19-15-4-2-3-13(10-26-20(24)25)18(15)29-21(30-19)28-14-7-8-17(23)16(22)9-14/h2-4,7-9,11-12H,5-6,10H2,1H3,(H4,24,25,26)(H2,27,28,29,30). The van der Waals surface area contributed by atoms with Crippen molar-refractivity contribution in [3.8, 4) is 0 Å². The zero-order chi connectivity index (χ0) is 21.3. The number of fused-ring (bicyclic) bond motifs is 1. The van der Waals surface area contributed by atoms with Crippen LogP contribution in [0.2, 0.25) is 5.02 Å². The molecule has 0 amide bonds. The van der Waals surface area contributed by atoms with Crippen LogP contribution >= 0.6 is 11.6 Å². The van der Waals surface area contributed by atoms with Crippen LogP contribution in [0.5, 0.6) is 0 Å². The zero-order valence-corrected chi connectivity index (χ0v) is 17.2. The minimum atomic E-state index is -0.486. The largest absolute Gasteiger partial charge is 0.370 e. The van der Waals surface area contributed by atoms with Gasteiger partial charge in [0.1, 0.15) is 11.6 Å². The molecule has 0 saturated heterocycles. The van der Waals surface area contributed by atoms with Crippen LogP contribution in [0, 0.1) is 17.1 Å². The number of hydrogen-bond donors (Lipinski definition) is 5. The van der Waals surface area contributed by atoms with Crippen molar-refractivity contribution < 1.29 is 4.39 Å².